The first-order chi connectivity index (χ1) is 19.2. The standard InChI is InChI=1S/C30H36N6O2S2/c1-33(2)17-19-35(5)29(37)23-11-13-25(27-21(23)9-7-15-31-27)39-40-26-14-12-24(22-10-8-16-32-28(22)26)30(38)36(6)20-18-34(3)4/h7-16H,17-20H2,1-6H3. The van der Waals surface area contributed by atoms with Crippen LogP contribution in [0.4, 0.5) is 0 Å². The molecular weight excluding hydrogens is 541 g/mol. The van der Waals surface area contributed by atoms with Gasteiger partial charge in [0, 0.05) is 84.4 Å². The van der Waals surface area contributed by atoms with E-state index in [2.05, 4.69) is 19.8 Å². The average molecular weight is 577 g/mol. The van der Waals surface area contributed by atoms with E-state index in [0.717, 1.165) is 44.7 Å². The van der Waals surface area contributed by atoms with E-state index in [0.29, 0.717) is 24.2 Å². The van der Waals surface area contributed by atoms with Gasteiger partial charge in [0.2, 0.25) is 0 Å². The number of aromatic nitrogens is 2. The van der Waals surface area contributed by atoms with Crippen LogP contribution < -0.4 is 0 Å². The quantitative estimate of drug-likeness (QED) is 0.235. The third-order valence-electron chi connectivity index (χ3n) is 6.61. The Balaban J connectivity index is 1.59. The lowest BCUT2D eigenvalue weighted by atomic mass is 10.1. The summed E-state index contributed by atoms with van der Waals surface area (Å²) in [6, 6.07) is 15.3. The van der Waals surface area contributed by atoms with Crippen LogP contribution in [0, 0.1) is 0 Å². The highest BCUT2D eigenvalue weighted by Gasteiger charge is 2.20. The Labute approximate surface area is 244 Å². The third kappa shape index (κ3) is 6.93. The van der Waals surface area contributed by atoms with E-state index in [9.17, 15) is 9.59 Å². The van der Waals surface area contributed by atoms with Crippen LogP contribution in [0.2, 0.25) is 0 Å². The molecule has 40 heavy (non-hydrogen) atoms. The topological polar surface area (TPSA) is 72.9 Å². The van der Waals surface area contributed by atoms with Gasteiger partial charge in [-0.2, -0.15) is 0 Å². The number of carbonyl (C=O) groups is 2. The highest BCUT2D eigenvalue weighted by Crippen LogP contribution is 2.43. The number of pyridine rings is 2. The van der Waals surface area contributed by atoms with Gasteiger partial charge in [-0.3, -0.25) is 19.6 Å². The zero-order valence-corrected chi connectivity index (χ0v) is 25.6. The van der Waals surface area contributed by atoms with Crippen LogP contribution in [0.15, 0.2) is 70.7 Å². The van der Waals surface area contributed by atoms with E-state index in [4.69, 9.17) is 0 Å². The summed E-state index contributed by atoms with van der Waals surface area (Å²) in [7, 11) is 14.8. The number of hydrogen-bond donors (Lipinski definition) is 0. The van der Waals surface area contributed by atoms with Gasteiger partial charge in [0.1, 0.15) is 0 Å². The van der Waals surface area contributed by atoms with Crippen LogP contribution in [0.1, 0.15) is 20.7 Å². The molecule has 4 rings (SSSR count). The van der Waals surface area contributed by atoms with Gasteiger partial charge >= 0.3 is 0 Å². The molecule has 2 aromatic heterocycles. The molecule has 0 aliphatic carbocycles. The van der Waals surface area contributed by atoms with Gasteiger partial charge in [0.15, 0.2) is 0 Å². The smallest absolute Gasteiger partial charge is 0.254 e. The van der Waals surface area contributed by atoms with Crippen molar-refractivity contribution in [3.8, 4) is 0 Å². The van der Waals surface area contributed by atoms with E-state index in [1.54, 1.807) is 43.8 Å². The van der Waals surface area contributed by atoms with Crippen LogP contribution in [0.25, 0.3) is 21.8 Å². The molecule has 2 heterocycles. The molecule has 0 aliphatic heterocycles. The Kier molecular flexibility index (Phi) is 10.0. The molecule has 0 saturated carbocycles. The van der Waals surface area contributed by atoms with Crippen molar-refractivity contribution >= 4 is 55.2 Å². The first-order valence-corrected chi connectivity index (χ1v) is 15.2. The number of nitrogens with zero attached hydrogens (tertiary/aromatic N) is 6. The van der Waals surface area contributed by atoms with Crippen molar-refractivity contribution in [2.24, 2.45) is 0 Å². The molecule has 0 unspecified atom stereocenters. The largest absolute Gasteiger partial charge is 0.340 e. The number of rotatable bonds is 11. The van der Waals surface area contributed by atoms with E-state index in [-0.39, 0.29) is 11.8 Å². The van der Waals surface area contributed by atoms with Crippen LogP contribution in [0.5, 0.6) is 0 Å². The first kappa shape index (κ1) is 29.8. The third-order valence-corrected chi connectivity index (χ3v) is 9.03. The molecular formula is C30H36N6O2S2. The Morgan fingerprint density at radius 1 is 0.600 bits per heavy atom. The maximum Gasteiger partial charge on any atom is 0.254 e. The van der Waals surface area contributed by atoms with Crippen molar-refractivity contribution in [3.63, 3.8) is 0 Å². The van der Waals surface area contributed by atoms with Gasteiger partial charge < -0.3 is 19.6 Å². The molecule has 0 bridgehead atoms. The van der Waals surface area contributed by atoms with Gasteiger partial charge in [-0.05, 0) is 64.6 Å². The molecule has 210 valence electrons. The van der Waals surface area contributed by atoms with Crippen LogP contribution in [0.3, 0.4) is 0 Å². The molecule has 0 fully saturated rings. The van der Waals surface area contributed by atoms with E-state index >= 15 is 0 Å². The van der Waals surface area contributed by atoms with Gasteiger partial charge in [-0.15, -0.1) is 0 Å². The maximum atomic E-state index is 13.2. The fourth-order valence-corrected chi connectivity index (χ4v) is 6.46. The minimum atomic E-state index is -0.0185. The summed E-state index contributed by atoms with van der Waals surface area (Å²) >= 11 is 0. The predicted molar refractivity (Wildman–Crippen MR) is 166 cm³/mol. The number of benzene rings is 2. The lowest BCUT2D eigenvalue weighted by Crippen LogP contribution is -2.33. The van der Waals surface area contributed by atoms with Crippen molar-refractivity contribution in [2.45, 2.75) is 9.79 Å². The zero-order chi connectivity index (χ0) is 28.8. The van der Waals surface area contributed by atoms with Crippen LogP contribution >= 0.6 is 21.6 Å². The molecule has 2 aromatic carbocycles. The monoisotopic (exact) mass is 576 g/mol. The number of fused-ring (bicyclic) bond motifs is 2. The predicted octanol–water partition coefficient (Wildman–Crippen LogP) is 4.85. The summed E-state index contributed by atoms with van der Waals surface area (Å²) in [5, 5.41) is 1.67. The van der Waals surface area contributed by atoms with Gasteiger partial charge in [-0.1, -0.05) is 33.7 Å². The van der Waals surface area contributed by atoms with E-state index < -0.39 is 0 Å². The van der Waals surface area contributed by atoms with Gasteiger partial charge in [-0.25, -0.2) is 0 Å². The minimum absolute atomic E-state index is 0.0185. The highest BCUT2D eigenvalue weighted by atomic mass is 33.1. The molecule has 0 saturated heterocycles. The number of likely N-dealkylation sites (N-methyl/N-ethyl adjacent to an activating group) is 4. The summed E-state index contributed by atoms with van der Waals surface area (Å²) < 4.78 is 0. The summed E-state index contributed by atoms with van der Waals surface area (Å²) in [5.74, 6) is -0.0369. The summed E-state index contributed by atoms with van der Waals surface area (Å²) in [4.78, 5) is 45.3. The molecule has 4 aromatic rings. The summed E-state index contributed by atoms with van der Waals surface area (Å²) in [5.41, 5.74) is 2.87. The van der Waals surface area contributed by atoms with Crippen molar-refractivity contribution in [3.05, 3.63) is 72.1 Å². The van der Waals surface area contributed by atoms with Gasteiger partial charge in [0.25, 0.3) is 11.8 Å². The second-order valence-electron chi connectivity index (χ2n) is 10.2. The molecule has 2 amide bonds. The van der Waals surface area contributed by atoms with E-state index in [1.165, 1.54) is 0 Å². The highest BCUT2D eigenvalue weighted by molar-refractivity contribution is 8.76. The lowest BCUT2D eigenvalue weighted by Gasteiger charge is -2.21. The molecule has 10 heteroatoms. The molecule has 8 nitrogen and oxygen atoms in total. The van der Waals surface area contributed by atoms with Crippen LogP contribution in [-0.2, 0) is 0 Å². The minimum Gasteiger partial charge on any atom is -0.340 e. The molecule has 0 radical (unpaired) electrons. The van der Waals surface area contributed by atoms with Crippen molar-refractivity contribution in [2.75, 3.05) is 68.5 Å². The van der Waals surface area contributed by atoms with Gasteiger partial charge in [0.05, 0.1) is 11.0 Å². The molecule has 0 N–H and O–H groups in total. The molecule has 0 aliphatic rings. The Morgan fingerprint density at radius 3 is 1.38 bits per heavy atom. The second-order valence-corrected chi connectivity index (χ2v) is 12.5. The second kappa shape index (κ2) is 13.5. The SMILES string of the molecule is CN(C)CCN(C)C(=O)c1ccc(SSc2ccc(C(=O)N(C)CCN(C)C)c3cccnc23)c2ncccc12. The normalized spacial score (nSPS) is 11.5. The summed E-state index contributed by atoms with van der Waals surface area (Å²) in [6.07, 6.45) is 3.51. The van der Waals surface area contributed by atoms with Crippen molar-refractivity contribution in [1.29, 1.82) is 0 Å². The lowest BCUT2D eigenvalue weighted by molar-refractivity contribution is 0.0780. The Hall–Kier alpha value is -3.18. The maximum absolute atomic E-state index is 13.2. The Morgan fingerprint density at radius 2 is 1.00 bits per heavy atom. The van der Waals surface area contributed by atoms with E-state index in [1.807, 2.05) is 90.8 Å². The average Bonchev–Trinajstić information content (AvgIpc) is 2.96. The number of hydrogen-bond acceptors (Lipinski definition) is 8. The first-order valence-electron chi connectivity index (χ1n) is 13.1. The summed E-state index contributed by atoms with van der Waals surface area (Å²) in [6.45, 7) is 2.87. The van der Waals surface area contributed by atoms with Crippen LogP contribution in [-0.4, -0.2) is 110 Å². The zero-order valence-electron chi connectivity index (χ0n) is 23.9. The number of amides is 2. The van der Waals surface area contributed by atoms with Crippen molar-refractivity contribution < 1.29 is 9.59 Å². The molecule has 0 spiro atoms. The molecule has 0 atom stereocenters. The Bertz CT molecular complexity index is 1400. The fourth-order valence-electron chi connectivity index (χ4n) is 4.21. The fraction of sp³-hybridized carbons (Fsp3) is 0.333. The van der Waals surface area contributed by atoms with Crippen molar-refractivity contribution in [1.82, 2.24) is 29.6 Å². The number of carbonyl (C=O) groups excluding carboxylic acids is 2.